The topological polar surface area (TPSA) is 3.24 Å². The minimum Gasteiger partial charge on any atom is -0.309 e. The molecule has 3 aromatic carbocycles. The first-order valence-corrected chi connectivity index (χ1v) is 9.81. The van der Waals surface area contributed by atoms with E-state index in [9.17, 15) is 0 Å². The Balaban J connectivity index is 1.73. The fourth-order valence-electron chi connectivity index (χ4n) is 3.72. The van der Waals surface area contributed by atoms with Crippen LogP contribution in [0.3, 0.4) is 0 Å². The molecule has 0 saturated heterocycles. The van der Waals surface area contributed by atoms with Crippen molar-refractivity contribution in [3.8, 4) is 0 Å². The Bertz CT molecular complexity index is 1120. The van der Waals surface area contributed by atoms with Crippen molar-refractivity contribution in [3.05, 3.63) is 101 Å². The molecule has 0 saturated carbocycles. The standard InChI is InChI=1S/C24H19NS/c1-17-10-13-19(14-11-17)25(22-15-12-18-6-2-3-7-20(18)22)23-16-26-24-9-5-4-8-21(23)24/h2-11,13-16H,12H2,1H3. The minimum atomic E-state index is 0.996. The number of anilines is 2. The molecule has 1 aliphatic rings. The third-order valence-electron chi connectivity index (χ3n) is 5.04. The lowest BCUT2D eigenvalue weighted by Gasteiger charge is -2.27. The van der Waals surface area contributed by atoms with Gasteiger partial charge in [0.25, 0.3) is 0 Å². The first-order valence-electron chi connectivity index (χ1n) is 8.93. The highest BCUT2D eigenvalue weighted by Crippen LogP contribution is 2.43. The number of fused-ring (bicyclic) bond motifs is 2. The molecule has 0 radical (unpaired) electrons. The number of thiophene rings is 1. The van der Waals surface area contributed by atoms with Gasteiger partial charge in [-0.05, 0) is 37.1 Å². The summed E-state index contributed by atoms with van der Waals surface area (Å²) in [6.45, 7) is 2.14. The minimum absolute atomic E-state index is 0.996. The quantitative estimate of drug-likeness (QED) is 0.385. The summed E-state index contributed by atoms with van der Waals surface area (Å²) in [5, 5.41) is 3.59. The van der Waals surface area contributed by atoms with Crippen molar-refractivity contribution in [2.45, 2.75) is 13.3 Å². The van der Waals surface area contributed by atoms with E-state index in [-0.39, 0.29) is 0 Å². The Morgan fingerprint density at radius 1 is 0.846 bits per heavy atom. The van der Waals surface area contributed by atoms with E-state index in [0.717, 1.165) is 6.42 Å². The molecule has 0 unspecified atom stereocenters. The highest BCUT2D eigenvalue weighted by Gasteiger charge is 2.24. The van der Waals surface area contributed by atoms with E-state index in [0.29, 0.717) is 0 Å². The number of benzene rings is 3. The lowest BCUT2D eigenvalue weighted by atomic mass is 10.1. The molecule has 2 heteroatoms. The van der Waals surface area contributed by atoms with Crippen LogP contribution in [-0.4, -0.2) is 0 Å². The Hall–Kier alpha value is -2.84. The Labute approximate surface area is 157 Å². The summed E-state index contributed by atoms with van der Waals surface area (Å²) in [6, 6.07) is 26.2. The van der Waals surface area contributed by atoms with Crippen LogP contribution in [0.1, 0.15) is 16.7 Å². The van der Waals surface area contributed by atoms with E-state index < -0.39 is 0 Å². The molecular formula is C24H19NS. The highest BCUT2D eigenvalue weighted by molar-refractivity contribution is 7.17. The summed E-state index contributed by atoms with van der Waals surface area (Å²) in [4.78, 5) is 2.42. The van der Waals surface area contributed by atoms with Crippen molar-refractivity contribution in [1.82, 2.24) is 0 Å². The van der Waals surface area contributed by atoms with Crippen molar-refractivity contribution in [1.29, 1.82) is 0 Å². The molecule has 0 fully saturated rings. The van der Waals surface area contributed by atoms with E-state index in [1.807, 2.05) is 11.3 Å². The first kappa shape index (κ1) is 15.4. The average molecular weight is 353 g/mol. The molecule has 5 rings (SSSR count). The lowest BCUT2D eigenvalue weighted by molar-refractivity contribution is 1.31. The molecule has 26 heavy (non-hydrogen) atoms. The van der Waals surface area contributed by atoms with Crippen LogP contribution in [0.25, 0.3) is 15.8 Å². The Morgan fingerprint density at radius 3 is 2.50 bits per heavy atom. The molecule has 0 amide bonds. The summed E-state index contributed by atoms with van der Waals surface area (Å²) >= 11 is 1.81. The zero-order valence-corrected chi connectivity index (χ0v) is 15.5. The maximum atomic E-state index is 2.42. The molecule has 4 aromatic rings. The molecule has 126 valence electrons. The third-order valence-corrected chi connectivity index (χ3v) is 5.99. The van der Waals surface area contributed by atoms with Crippen LogP contribution in [0.2, 0.25) is 0 Å². The van der Waals surface area contributed by atoms with Crippen molar-refractivity contribution < 1.29 is 0 Å². The zero-order valence-electron chi connectivity index (χ0n) is 14.6. The predicted octanol–water partition coefficient (Wildman–Crippen LogP) is 6.95. The van der Waals surface area contributed by atoms with Gasteiger partial charge in [0.05, 0.1) is 11.4 Å². The number of hydrogen-bond donors (Lipinski definition) is 0. The molecule has 1 heterocycles. The second-order valence-corrected chi connectivity index (χ2v) is 7.65. The fourth-order valence-corrected chi connectivity index (χ4v) is 4.64. The van der Waals surface area contributed by atoms with Gasteiger partial charge in [0, 0.05) is 26.7 Å². The van der Waals surface area contributed by atoms with Gasteiger partial charge in [-0.25, -0.2) is 0 Å². The molecule has 0 atom stereocenters. The van der Waals surface area contributed by atoms with Gasteiger partial charge < -0.3 is 4.90 Å². The van der Waals surface area contributed by atoms with Crippen molar-refractivity contribution in [2.75, 3.05) is 4.90 Å². The van der Waals surface area contributed by atoms with Crippen LogP contribution in [-0.2, 0) is 6.42 Å². The smallest absolute Gasteiger partial charge is 0.0647 e. The number of aryl methyl sites for hydroxylation is 1. The maximum Gasteiger partial charge on any atom is 0.0647 e. The van der Waals surface area contributed by atoms with Gasteiger partial charge in [0.2, 0.25) is 0 Å². The summed E-state index contributed by atoms with van der Waals surface area (Å²) in [5.74, 6) is 0. The van der Waals surface area contributed by atoms with Crippen LogP contribution >= 0.6 is 11.3 Å². The number of hydrogen-bond acceptors (Lipinski definition) is 2. The van der Waals surface area contributed by atoms with Gasteiger partial charge in [0.15, 0.2) is 0 Å². The van der Waals surface area contributed by atoms with Crippen LogP contribution in [0, 0.1) is 6.92 Å². The van der Waals surface area contributed by atoms with Crippen LogP contribution in [0.5, 0.6) is 0 Å². The van der Waals surface area contributed by atoms with Gasteiger partial charge in [-0.3, -0.25) is 0 Å². The van der Waals surface area contributed by atoms with E-state index in [1.54, 1.807) is 0 Å². The first-order chi connectivity index (χ1) is 12.8. The molecule has 0 N–H and O–H groups in total. The second-order valence-electron chi connectivity index (χ2n) is 6.74. The van der Waals surface area contributed by atoms with Gasteiger partial charge in [0.1, 0.15) is 0 Å². The van der Waals surface area contributed by atoms with Crippen LogP contribution in [0.4, 0.5) is 11.4 Å². The second kappa shape index (κ2) is 6.15. The van der Waals surface area contributed by atoms with Crippen molar-refractivity contribution in [2.24, 2.45) is 0 Å². The Morgan fingerprint density at radius 2 is 1.62 bits per heavy atom. The summed E-state index contributed by atoms with van der Waals surface area (Å²) in [6.07, 6.45) is 3.35. The van der Waals surface area contributed by atoms with Crippen LogP contribution in [0.15, 0.2) is 84.3 Å². The van der Waals surface area contributed by atoms with Crippen molar-refractivity contribution >= 4 is 38.5 Å². The monoisotopic (exact) mass is 353 g/mol. The number of nitrogens with zero attached hydrogens (tertiary/aromatic N) is 1. The van der Waals surface area contributed by atoms with E-state index in [4.69, 9.17) is 0 Å². The molecule has 0 spiro atoms. The molecule has 0 bridgehead atoms. The van der Waals surface area contributed by atoms with Crippen molar-refractivity contribution in [3.63, 3.8) is 0 Å². The van der Waals surface area contributed by atoms with Crippen LogP contribution < -0.4 is 4.90 Å². The third kappa shape index (κ3) is 2.46. The zero-order chi connectivity index (χ0) is 17.5. The normalized spacial score (nSPS) is 12.9. The number of allylic oxidation sites excluding steroid dienone is 1. The molecule has 0 aliphatic heterocycles. The summed E-state index contributed by atoms with van der Waals surface area (Å²) < 4.78 is 1.33. The highest BCUT2D eigenvalue weighted by atomic mass is 32.1. The van der Waals surface area contributed by atoms with E-state index in [1.165, 1.54) is 43.8 Å². The van der Waals surface area contributed by atoms with E-state index >= 15 is 0 Å². The predicted molar refractivity (Wildman–Crippen MR) is 113 cm³/mol. The molecule has 1 nitrogen and oxygen atoms in total. The Kier molecular flexibility index (Phi) is 3.65. The molecule has 1 aliphatic carbocycles. The van der Waals surface area contributed by atoms with Gasteiger partial charge in [-0.15, -0.1) is 11.3 Å². The largest absolute Gasteiger partial charge is 0.309 e. The molecular weight excluding hydrogens is 334 g/mol. The SMILES string of the molecule is Cc1ccc(N(C2=CCc3ccccc32)c2csc3ccccc23)cc1. The van der Waals surface area contributed by atoms with E-state index in [2.05, 4.69) is 96.1 Å². The fraction of sp³-hybridized carbons (Fsp3) is 0.0833. The lowest BCUT2D eigenvalue weighted by Crippen LogP contribution is -2.14. The molecule has 1 aromatic heterocycles. The number of rotatable bonds is 3. The van der Waals surface area contributed by atoms with Gasteiger partial charge >= 0.3 is 0 Å². The van der Waals surface area contributed by atoms with Gasteiger partial charge in [-0.2, -0.15) is 0 Å². The summed E-state index contributed by atoms with van der Waals surface area (Å²) in [7, 11) is 0. The summed E-state index contributed by atoms with van der Waals surface area (Å²) in [5.41, 5.74) is 7.78. The maximum absolute atomic E-state index is 2.42. The van der Waals surface area contributed by atoms with Gasteiger partial charge in [-0.1, -0.05) is 66.2 Å². The average Bonchev–Trinajstić information content (AvgIpc) is 3.29.